The van der Waals surface area contributed by atoms with Crippen LogP contribution in [0.25, 0.3) is 0 Å². The Balaban J connectivity index is 1.64. The molecule has 6 nitrogen and oxygen atoms in total. The Bertz CT molecular complexity index is 861. The molecular weight excluding hydrogens is 410 g/mol. The van der Waals surface area contributed by atoms with E-state index in [0.717, 1.165) is 5.69 Å². The molecule has 1 unspecified atom stereocenters. The second kappa shape index (κ2) is 7.28. The minimum atomic E-state index is -3.03. The van der Waals surface area contributed by atoms with Crippen molar-refractivity contribution in [2.24, 2.45) is 5.92 Å². The van der Waals surface area contributed by atoms with Gasteiger partial charge in [0.25, 0.3) is 5.92 Å². The van der Waals surface area contributed by atoms with E-state index in [2.05, 4.69) is 15.6 Å². The number of nitrogens with one attached hydrogen (secondary N) is 1. The van der Waals surface area contributed by atoms with E-state index in [1.54, 1.807) is 4.68 Å². The van der Waals surface area contributed by atoms with Crippen LogP contribution in [0.3, 0.4) is 0 Å². The van der Waals surface area contributed by atoms with Crippen molar-refractivity contribution in [1.29, 1.82) is 0 Å². The lowest BCUT2D eigenvalue weighted by Gasteiger charge is -2.47. The lowest BCUT2D eigenvalue weighted by Crippen LogP contribution is -2.51. The van der Waals surface area contributed by atoms with Crippen LogP contribution in [0.2, 0.25) is 4.34 Å². The first-order valence-corrected chi connectivity index (χ1v) is 10.5. The molecule has 4 rings (SSSR count). The van der Waals surface area contributed by atoms with Crippen molar-refractivity contribution in [3.05, 3.63) is 32.7 Å². The summed E-state index contributed by atoms with van der Waals surface area (Å²) in [7, 11) is 0. The van der Waals surface area contributed by atoms with Crippen molar-refractivity contribution in [2.75, 3.05) is 13.2 Å². The Hall–Kier alpha value is -1.13. The Morgan fingerprint density at radius 3 is 3.04 bits per heavy atom. The lowest BCUT2D eigenvalue weighted by atomic mass is 9.78. The Morgan fingerprint density at radius 1 is 1.50 bits per heavy atom. The van der Waals surface area contributed by atoms with E-state index in [-0.39, 0.29) is 30.2 Å². The SMILES string of the molecule is CC(CO)Cn1cc([C@@H]2C[C@]3(C[C@H](C)N2)OCC(F)(F)c2cc(Cl)sc23)nn1. The first-order chi connectivity index (χ1) is 13.2. The molecule has 0 aromatic carbocycles. The number of aromatic nitrogens is 3. The van der Waals surface area contributed by atoms with Gasteiger partial charge in [0.05, 0.1) is 22.3 Å². The average Bonchev–Trinajstić information content (AvgIpc) is 3.26. The molecule has 0 aliphatic carbocycles. The van der Waals surface area contributed by atoms with Gasteiger partial charge in [-0.3, -0.25) is 4.68 Å². The van der Waals surface area contributed by atoms with Gasteiger partial charge in [0.1, 0.15) is 12.2 Å². The van der Waals surface area contributed by atoms with E-state index in [0.29, 0.717) is 28.6 Å². The van der Waals surface area contributed by atoms with Gasteiger partial charge in [-0.05, 0) is 25.3 Å². The number of alkyl halides is 2. The van der Waals surface area contributed by atoms with Gasteiger partial charge in [0, 0.05) is 36.1 Å². The van der Waals surface area contributed by atoms with E-state index < -0.39 is 18.1 Å². The van der Waals surface area contributed by atoms with Crippen molar-refractivity contribution in [3.8, 4) is 0 Å². The summed E-state index contributed by atoms with van der Waals surface area (Å²) in [6.07, 6.45) is 2.90. The molecule has 154 valence electrons. The fraction of sp³-hybridized carbons (Fsp3) is 0.667. The predicted molar refractivity (Wildman–Crippen MR) is 102 cm³/mol. The summed E-state index contributed by atoms with van der Waals surface area (Å²) in [6, 6.07) is 1.24. The van der Waals surface area contributed by atoms with Crippen LogP contribution in [0.1, 0.15) is 48.9 Å². The summed E-state index contributed by atoms with van der Waals surface area (Å²) in [5, 5.41) is 21.1. The predicted octanol–water partition coefficient (Wildman–Crippen LogP) is 3.45. The Kier molecular flexibility index (Phi) is 5.24. The zero-order valence-electron chi connectivity index (χ0n) is 15.7. The summed E-state index contributed by atoms with van der Waals surface area (Å²) in [5.74, 6) is -2.96. The number of thiophene rings is 1. The number of aliphatic hydroxyl groups excluding tert-OH is 1. The number of aliphatic hydroxyl groups is 1. The second-order valence-corrected chi connectivity index (χ2v) is 9.65. The van der Waals surface area contributed by atoms with Crippen LogP contribution in [0.5, 0.6) is 0 Å². The van der Waals surface area contributed by atoms with Crippen LogP contribution in [0.15, 0.2) is 12.3 Å². The third kappa shape index (κ3) is 3.59. The lowest BCUT2D eigenvalue weighted by molar-refractivity contribution is -0.183. The quantitative estimate of drug-likeness (QED) is 0.774. The topological polar surface area (TPSA) is 72.2 Å². The number of ether oxygens (including phenoxy) is 1. The van der Waals surface area contributed by atoms with Gasteiger partial charge in [0.2, 0.25) is 0 Å². The van der Waals surface area contributed by atoms with Crippen LogP contribution >= 0.6 is 22.9 Å². The van der Waals surface area contributed by atoms with Gasteiger partial charge in [-0.25, -0.2) is 0 Å². The molecule has 10 heteroatoms. The number of fused-ring (bicyclic) bond motifs is 2. The maximum Gasteiger partial charge on any atom is 0.297 e. The minimum absolute atomic E-state index is 0.0120. The van der Waals surface area contributed by atoms with Crippen LogP contribution < -0.4 is 5.32 Å². The van der Waals surface area contributed by atoms with Gasteiger partial charge in [-0.15, -0.1) is 16.4 Å². The summed E-state index contributed by atoms with van der Waals surface area (Å²) in [4.78, 5) is 0.522. The molecule has 2 aliphatic heterocycles. The molecule has 0 bridgehead atoms. The number of nitrogens with zero attached hydrogens (tertiary/aromatic N) is 3. The summed E-state index contributed by atoms with van der Waals surface area (Å²) < 4.78 is 36.7. The van der Waals surface area contributed by atoms with Gasteiger partial charge < -0.3 is 15.2 Å². The highest BCUT2D eigenvalue weighted by molar-refractivity contribution is 7.16. The first kappa shape index (κ1) is 20.2. The number of halogens is 3. The van der Waals surface area contributed by atoms with Gasteiger partial charge >= 0.3 is 0 Å². The molecule has 0 radical (unpaired) electrons. The number of piperidine rings is 1. The van der Waals surface area contributed by atoms with Crippen molar-refractivity contribution in [3.63, 3.8) is 0 Å². The first-order valence-electron chi connectivity index (χ1n) is 9.31. The van der Waals surface area contributed by atoms with E-state index in [9.17, 15) is 13.9 Å². The van der Waals surface area contributed by atoms with Crippen LogP contribution in [0.4, 0.5) is 8.78 Å². The molecular formula is C18H23ClF2N4O2S. The monoisotopic (exact) mass is 432 g/mol. The summed E-state index contributed by atoms with van der Waals surface area (Å²) >= 11 is 7.28. The molecule has 1 saturated heterocycles. The third-order valence-electron chi connectivity index (χ3n) is 5.42. The summed E-state index contributed by atoms with van der Waals surface area (Å²) in [5.41, 5.74) is -0.0880. The minimum Gasteiger partial charge on any atom is -0.396 e. The van der Waals surface area contributed by atoms with Crippen molar-refractivity contribution in [2.45, 2.75) is 56.8 Å². The van der Waals surface area contributed by atoms with Gasteiger partial charge in [-0.2, -0.15) is 8.78 Å². The van der Waals surface area contributed by atoms with Crippen LogP contribution in [-0.2, 0) is 22.8 Å². The molecule has 2 aliphatic rings. The zero-order chi connectivity index (χ0) is 20.1. The highest BCUT2D eigenvalue weighted by Crippen LogP contribution is 2.54. The van der Waals surface area contributed by atoms with Crippen molar-refractivity contribution in [1.82, 2.24) is 20.3 Å². The third-order valence-corrected chi connectivity index (χ3v) is 6.87. The molecule has 2 aromatic heterocycles. The standard InChI is InChI=1S/C18H23ClF2N4O2S/c1-10(8-26)6-25-7-14(23-24-25)13-5-17(4-11(2)22-13)16-12(3-15(19)28-16)18(20,21)9-27-17/h3,7,10-11,13,22,26H,4-6,8-9H2,1-2H3/t10?,11-,13-,17-/m0/s1. The number of rotatable bonds is 4. The highest BCUT2D eigenvalue weighted by atomic mass is 35.5. The second-order valence-electron chi connectivity index (χ2n) is 7.96. The van der Waals surface area contributed by atoms with Gasteiger partial charge in [-0.1, -0.05) is 23.7 Å². The normalized spacial score (nSPS) is 30.4. The van der Waals surface area contributed by atoms with Crippen LogP contribution in [0, 0.1) is 5.92 Å². The Morgan fingerprint density at radius 2 is 2.29 bits per heavy atom. The van der Waals surface area contributed by atoms with Gasteiger partial charge in [0.15, 0.2) is 0 Å². The number of hydrogen-bond acceptors (Lipinski definition) is 6. The Labute approximate surface area is 170 Å². The molecule has 1 spiro atoms. The smallest absolute Gasteiger partial charge is 0.297 e. The zero-order valence-corrected chi connectivity index (χ0v) is 17.2. The molecule has 0 saturated carbocycles. The largest absolute Gasteiger partial charge is 0.396 e. The van der Waals surface area contributed by atoms with E-state index in [1.807, 2.05) is 20.0 Å². The van der Waals surface area contributed by atoms with Crippen molar-refractivity contribution >= 4 is 22.9 Å². The molecule has 4 atom stereocenters. The van der Waals surface area contributed by atoms with E-state index in [1.165, 1.54) is 17.4 Å². The maximum absolute atomic E-state index is 14.4. The molecule has 2 N–H and O–H groups in total. The highest BCUT2D eigenvalue weighted by Gasteiger charge is 2.53. The van der Waals surface area contributed by atoms with E-state index >= 15 is 0 Å². The average molecular weight is 433 g/mol. The molecule has 28 heavy (non-hydrogen) atoms. The van der Waals surface area contributed by atoms with Crippen LogP contribution in [-0.4, -0.2) is 39.4 Å². The van der Waals surface area contributed by atoms with Crippen molar-refractivity contribution < 1.29 is 18.6 Å². The number of hydrogen-bond donors (Lipinski definition) is 2. The fourth-order valence-corrected chi connectivity index (χ4v) is 5.59. The van der Waals surface area contributed by atoms with E-state index in [4.69, 9.17) is 16.3 Å². The fourth-order valence-electron chi connectivity index (χ4n) is 4.14. The molecule has 4 heterocycles. The molecule has 2 aromatic rings. The molecule has 0 amide bonds. The summed E-state index contributed by atoms with van der Waals surface area (Å²) in [6.45, 7) is 3.92. The molecule has 1 fully saturated rings. The maximum atomic E-state index is 14.4.